The second-order valence-electron chi connectivity index (χ2n) is 5.73. The zero-order valence-electron chi connectivity index (χ0n) is 11.5. The van der Waals surface area contributed by atoms with Crippen molar-refractivity contribution < 1.29 is 14.7 Å². The van der Waals surface area contributed by atoms with E-state index < -0.39 is 5.97 Å². The second-order valence-corrected chi connectivity index (χ2v) is 5.73. The fourth-order valence-electron chi connectivity index (χ4n) is 1.77. The van der Waals surface area contributed by atoms with Crippen LogP contribution in [0.5, 0.6) is 0 Å². The lowest BCUT2D eigenvalue weighted by atomic mass is 10.0. The molecular weight excluding hydrogens is 232 g/mol. The summed E-state index contributed by atoms with van der Waals surface area (Å²) in [6, 6.07) is -0.0397. The molecule has 5 nitrogen and oxygen atoms in total. The summed E-state index contributed by atoms with van der Waals surface area (Å²) in [4.78, 5) is 22.2. The van der Waals surface area contributed by atoms with Crippen molar-refractivity contribution in [2.24, 2.45) is 5.92 Å². The number of aliphatic carboxylic acids is 1. The number of amides is 2. The lowest BCUT2D eigenvalue weighted by Crippen LogP contribution is -2.45. The Morgan fingerprint density at radius 2 is 1.89 bits per heavy atom. The highest BCUT2D eigenvalue weighted by molar-refractivity contribution is 5.75. The molecule has 0 heterocycles. The van der Waals surface area contributed by atoms with Crippen LogP contribution in [-0.4, -0.2) is 28.7 Å². The van der Waals surface area contributed by atoms with Crippen molar-refractivity contribution in [3.63, 3.8) is 0 Å². The Hall–Kier alpha value is -1.26. The van der Waals surface area contributed by atoms with Crippen molar-refractivity contribution in [3.05, 3.63) is 0 Å². The molecule has 0 radical (unpaired) electrons. The summed E-state index contributed by atoms with van der Waals surface area (Å²) in [6.07, 6.45) is 4.37. The highest BCUT2D eigenvalue weighted by Gasteiger charge is 2.38. The third-order valence-corrected chi connectivity index (χ3v) is 3.49. The number of urea groups is 1. The van der Waals surface area contributed by atoms with Gasteiger partial charge in [-0.3, -0.25) is 4.79 Å². The standard InChI is InChI=1S/C13H24N2O3/c1-9(11(16)17)5-4-6-10(2)14-12(18)15-13(3)7-8-13/h9-10H,4-8H2,1-3H3,(H,16,17)(H2,14,15,18). The smallest absolute Gasteiger partial charge is 0.315 e. The van der Waals surface area contributed by atoms with E-state index in [0.717, 1.165) is 25.7 Å². The number of hydrogen-bond donors (Lipinski definition) is 3. The molecule has 0 aromatic rings. The first-order chi connectivity index (χ1) is 8.32. The van der Waals surface area contributed by atoms with Gasteiger partial charge in [-0.1, -0.05) is 13.3 Å². The number of carbonyl (C=O) groups excluding carboxylic acids is 1. The summed E-state index contributed by atoms with van der Waals surface area (Å²) in [5.41, 5.74) is 0.00161. The maximum atomic E-state index is 11.6. The molecule has 2 atom stereocenters. The van der Waals surface area contributed by atoms with Gasteiger partial charge in [0.15, 0.2) is 0 Å². The monoisotopic (exact) mass is 256 g/mol. The molecular formula is C13H24N2O3. The van der Waals surface area contributed by atoms with Gasteiger partial charge in [-0.15, -0.1) is 0 Å². The van der Waals surface area contributed by atoms with Crippen molar-refractivity contribution >= 4 is 12.0 Å². The Morgan fingerprint density at radius 3 is 2.39 bits per heavy atom. The van der Waals surface area contributed by atoms with Crippen LogP contribution in [0.3, 0.4) is 0 Å². The zero-order chi connectivity index (χ0) is 13.8. The van der Waals surface area contributed by atoms with E-state index in [1.807, 2.05) is 13.8 Å². The van der Waals surface area contributed by atoms with Crippen LogP contribution >= 0.6 is 0 Å². The molecule has 1 fully saturated rings. The highest BCUT2D eigenvalue weighted by Crippen LogP contribution is 2.34. The normalized spacial score (nSPS) is 19.7. The third kappa shape index (κ3) is 5.38. The zero-order valence-corrected chi connectivity index (χ0v) is 11.5. The molecule has 2 amide bonds. The van der Waals surface area contributed by atoms with Crippen LogP contribution in [0.15, 0.2) is 0 Å². The van der Waals surface area contributed by atoms with E-state index in [-0.39, 0.29) is 23.5 Å². The number of rotatable bonds is 7. The Bertz CT molecular complexity index is 313. The van der Waals surface area contributed by atoms with Crippen LogP contribution in [0.4, 0.5) is 4.79 Å². The maximum Gasteiger partial charge on any atom is 0.315 e. The van der Waals surface area contributed by atoms with Crippen LogP contribution in [0.25, 0.3) is 0 Å². The van der Waals surface area contributed by atoms with E-state index >= 15 is 0 Å². The molecule has 0 spiro atoms. The Labute approximate surface area is 108 Å². The van der Waals surface area contributed by atoms with E-state index in [2.05, 4.69) is 10.6 Å². The lowest BCUT2D eigenvalue weighted by Gasteiger charge is -2.17. The summed E-state index contributed by atoms with van der Waals surface area (Å²) < 4.78 is 0. The van der Waals surface area contributed by atoms with E-state index in [0.29, 0.717) is 6.42 Å². The first-order valence-electron chi connectivity index (χ1n) is 6.64. The van der Waals surface area contributed by atoms with E-state index in [1.165, 1.54) is 0 Å². The number of carboxylic acids is 1. The lowest BCUT2D eigenvalue weighted by molar-refractivity contribution is -0.141. The fourth-order valence-corrected chi connectivity index (χ4v) is 1.77. The number of nitrogens with one attached hydrogen (secondary N) is 2. The Balaban J connectivity index is 2.11. The first-order valence-corrected chi connectivity index (χ1v) is 6.64. The minimum absolute atomic E-state index is 0.00161. The van der Waals surface area contributed by atoms with Gasteiger partial charge in [-0.05, 0) is 39.5 Å². The summed E-state index contributed by atoms with van der Waals surface area (Å²) in [7, 11) is 0. The number of carbonyl (C=O) groups is 2. The molecule has 0 aromatic carbocycles. The average molecular weight is 256 g/mol. The van der Waals surface area contributed by atoms with Crippen LogP contribution in [0, 0.1) is 5.92 Å². The summed E-state index contributed by atoms with van der Waals surface area (Å²) in [5.74, 6) is -1.06. The minimum Gasteiger partial charge on any atom is -0.481 e. The van der Waals surface area contributed by atoms with Crippen LogP contribution in [0.1, 0.15) is 52.9 Å². The van der Waals surface area contributed by atoms with Gasteiger partial charge in [0.05, 0.1) is 5.92 Å². The third-order valence-electron chi connectivity index (χ3n) is 3.49. The number of carboxylic acid groups (broad SMARTS) is 1. The summed E-state index contributed by atoms with van der Waals surface area (Å²) in [6.45, 7) is 5.69. The molecule has 3 N–H and O–H groups in total. The molecule has 1 aliphatic carbocycles. The topological polar surface area (TPSA) is 78.4 Å². The van der Waals surface area contributed by atoms with E-state index in [1.54, 1.807) is 6.92 Å². The molecule has 104 valence electrons. The molecule has 5 heteroatoms. The Morgan fingerprint density at radius 1 is 1.28 bits per heavy atom. The van der Waals surface area contributed by atoms with Crippen molar-refractivity contribution in [3.8, 4) is 0 Å². The van der Waals surface area contributed by atoms with Crippen LogP contribution in [0.2, 0.25) is 0 Å². The number of hydrogen-bond acceptors (Lipinski definition) is 2. The summed E-state index contributed by atoms with van der Waals surface area (Å²) >= 11 is 0. The van der Waals surface area contributed by atoms with Gasteiger partial charge in [0.25, 0.3) is 0 Å². The van der Waals surface area contributed by atoms with E-state index in [4.69, 9.17) is 5.11 Å². The highest BCUT2D eigenvalue weighted by atomic mass is 16.4. The van der Waals surface area contributed by atoms with Gasteiger partial charge in [0.1, 0.15) is 0 Å². The van der Waals surface area contributed by atoms with Crippen molar-refractivity contribution in [1.82, 2.24) is 10.6 Å². The van der Waals surface area contributed by atoms with Gasteiger partial charge in [0.2, 0.25) is 0 Å². The first kappa shape index (κ1) is 14.8. The van der Waals surface area contributed by atoms with Crippen molar-refractivity contribution in [2.75, 3.05) is 0 Å². The Kier molecular flexibility index (Phi) is 4.99. The quantitative estimate of drug-likeness (QED) is 0.653. The predicted molar refractivity (Wildman–Crippen MR) is 69.4 cm³/mol. The van der Waals surface area contributed by atoms with Crippen molar-refractivity contribution in [1.29, 1.82) is 0 Å². The molecule has 1 aliphatic rings. The predicted octanol–water partition coefficient (Wildman–Crippen LogP) is 2.12. The van der Waals surface area contributed by atoms with Crippen LogP contribution in [-0.2, 0) is 4.79 Å². The molecule has 0 aromatic heterocycles. The molecule has 2 unspecified atom stereocenters. The van der Waals surface area contributed by atoms with Gasteiger partial charge in [-0.2, -0.15) is 0 Å². The SMILES string of the molecule is CC(CCCC(C)C(=O)O)NC(=O)NC1(C)CC1. The molecule has 0 bridgehead atoms. The average Bonchev–Trinajstić information content (AvgIpc) is 2.94. The van der Waals surface area contributed by atoms with Crippen LogP contribution < -0.4 is 10.6 Å². The van der Waals surface area contributed by atoms with Gasteiger partial charge in [0, 0.05) is 11.6 Å². The summed E-state index contributed by atoms with van der Waals surface area (Å²) in [5, 5.41) is 14.6. The second kappa shape index (κ2) is 6.07. The largest absolute Gasteiger partial charge is 0.481 e. The molecule has 1 rings (SSSR count). The van der Waals surface area contributed by atoms with E-state index in [9.17, 15) is 9.59 Å². The minimum atomic E-state index is -0.755. The van der Waals surface area contributed by atoms with Gasteiger partial charge >= 0.3 is 12.0 Å². The van der Waals surface area contributed by atoms with Crippen molar-refractivity contribution in [2.45, 2.75) is 64.5 Å². The fraction of sp³-hybridized carbons (Fsp3) is 0.846. The molecule has 18 heavy (non-hydrogen) atoms. The molecule has 0 aliphatic heterocycles. The van der Waals surface area contributed by atoms with Gasteiger partial charge in [-0.25, -0.2) is 4.79 Å². The van der Waals surface area contributed by atoms with Gasteiger partial charge < -0.3 is 15.7 Å². The molecule has 1 saturated carbocycles. The maximum absolute atomic E-state index is 11.6. The molecule has 0 saturated heterocycles.